The van der Waals surface area contributed by atoms with Gasteiger partial charge in [0.15, 0.2) is 0 Å². The van der Waals surface area contributed by atoms with Crippen molar-refractivity contribution in [2.45, 2.75) is 103 Å². The van der Waals surface area contributed by atoms with Gasteiger partial charge in [-0.1, -0.05) is 37.7 Å². The van der Waals surface area contributed by atoms with Crippen LogP contribution in [0.3, 0.4) is 0 Å². The number of amides is 1. The lowest BCUT2D eigenvalue weighted by atomic mass is 9.47. The first-order chi connectivity index (χ1) is 15.8. The number of ketones is 1. The Kier molecular flexibility index (Phi) is 6.87. The van der Waals surface area contributed by atoms with Crippen LogP contribution in [0.2, 0.25) is 0 Å². The molecule has 4 aliphatic rings. The van der Waals surface area contributed by atoms with Crippen LogP contribution in [0.5, 0.6) is 0 Å². The van der Waals surface area contributed by atoms with E-state index in [9.17, 15) is 14.4 Å². The number of rotatable bonds is 4. The number of fused-ring (bicyclic) bond motifs is 5. The second-order valence-electron chi connectivity index (χ2n) is 11.6. The van der Waals surface area contributed by atoms with E-state index in [2.05, 4.69) is 25.2 Å². The third-order valence-electron chi connectivity index (χ3n) is 9.81. The highest BCUT2D eigenvalue weighted by Gasteiger charge is 2.70. The third kappa shape index (κ3) is 3.89. The standard InChI is InChI=1S/C27H39NO4S2/c1-15(29)27(34-18(4)33)24(28-16(2)30)14-23-21-8-7-19-13-20(32-17(3)31)9-11-25(19,5)22(21)10-12-26(23,27)6/h7,20-24H,8-14H2,1-6H3,(H,28,30)/t20-,21?,22?,23?,24+,25-,26-,27-/m0/s1. The highest BCUT2D eigenvalue weighted by atomic mass is 32.2. The normalized spacial score (nSPS) is 43.0. The Hall–Kier alpha value is -1.21. The van der Waals surface area contributed by atoms with E-state index < -0.39 is 4.75 Å². The van der Waals surface area contributed by atoms with Crippen molar-refractivity contribution in [3.8, 4) is 0 Å². The number of hydrogen-bond donors (Lipinski definition) is 1. The molecule has 0 heterocycles. The molecule has 0 aromatic rings. The number of carbonyl (C=O) groups excluding carboxylic acids is 3. The molecule has 0 aliphatic heterocycles. The Labute approximate surface area is 213 Å². The van der Waals surface area contributed by atoms with Crippen LogP contribution in [-0.4, -0.2) is 38.7 Å². The summed E-state index contributed by atoms with van der Waals surface area (Å²) in [5.41, 5.74) is 1.33. The quantitative estimate of drug-likeness (QED) is 0.313. The molecule has 0 radical (unpaired) electrons. The zero-order valence-electron chi connectivity index (χ0n) is 21.4. The molecule has 3 unspecified atom stereocenters. The second kappa shape index (κ2) is 9.02. The zero-order valence-corrected chi connectivity index (χ0v) is 23.0. The molecule has 1 N–H and O–H groups in total. The van der Waals surface area contributed by atoms with E-state index in [1.807, 2.05) is 6.92 Å². The van der Waals surface area contributed by atoms with Crippen LogP contribution in [0, 0.1) is 28.6 Å². The van der Waals surface area contributed by atoms with E-state index in [4.69, 9.17) is 17.0 Å². The van der Waals surface area contributed by atoms with E-state index in [0.29, 0.717) is 17.8 Å². The maximum absolute atomic E-state index is 13.4. The minimum atomic E-state index is -0.724. The van der Waals surface area contributed by atoms with Crippen molar-refractivity contribution < 1.29 is 19.1 Å². The number of Topliss-reactive ketones (excluding diaryl/α,β-unsaturated/α-hetero) is 1. The molecule has 3 fully saturated rings. The number of ether oxygens (including phenoxy) is 1. The van der Waals surface area contributed by atoms with Gasteiger partial charge in [0, 0.05) is 24.5 Å². The van der Waals surface area contributed by atoms with Crippen LogP contribution < -0.4 is 5.32 Å². The largest absolute Gasteiger partial charge is 0.462 e. The van der Waals surface area contributed by atoms with E-state index in [1.165, 1.54) is 24.3 Å². The van der Waals surface area contributed by atoms with Crippen molar-refractivity contribution in [1.29, 1.82) is 0 Å². The number of nitrogens with one attached hydrogen (secondary N) is 1. The molecule has 3 saturated carbocycles. The van der Waals surface area contributed by atoms with Crippen LogP contribution in [0.1, 0.15) is 86.5 Å². The topological polar surface area (TPSA) is 72.5 Å². The average Bonchev–Trinajstić information content (AvgIpc) is 2.96. The first-order valence-corrected chi connectivity index (χ1v) is 13.9. The monoisotopic (exact) mass is 505 g/mol. The zero-order chi connectivity index (χ0) is 25.1. The molecule has 8 atom stereocenters. The van der Waals surface area contributed by atoms with Crippen LogP contribution >= 0.6 is 24.0 Å². The fourth-order valence-corrected chi connectivity index (χ4v) is 10.3. The van der Waals surface area contributed by atoms with Crippen LogP contribution in [-0.2, 0) is 19.1 Å². The number of esters is 1. The molecular weight excluding hydrogens is 466 g/mol. The minimum Gasteiger partial charge on any atom is -0.462 e. The van der Waals surface area contributed by atoms with Gasteiger partial charge in [-0.15, -0.1) is 11.8 Å². The van der Waals surface area contributed by atoms with Crippen molar-refractivity contribution in [2.75, 3.05) is 0 Å². The lowest BCUT2D eigenvalue weighted by Crippen LogP contribution is -2.61. The van der Waals surface area contributed by atoms with E-state index in [0.717, 1.165) is 49.1 Å². The summed E-state index contributed by atoms with van der Waals surface area (Å²) in [6, 6.07) is -0.211. The van der Waals surface area contributed by atoms with Crippen LogP contribution in [0.25, 0.3) is 0 Å². The molecule has 4 rings (SSSR count). The van der Waals surface area contributed by atoms with Crippen LogP contribution in [0.15, 0.2) is 11.6 Å². The van der Waals surface area contributed by atoms with Crippen molar-refractivity contribution in [3.63, 3.8) is 0 Å². The maximum atomic E-state index is 13.4. The molecule has 1 amide bonds. The first-order valence-electron chi connectivity index (χ1n) is 12.7. The number of allylic oxidation sites excluding steroid dienone is 1. The fraction of sp³-hybridized carbons (Fsp3) is 0.778. The molecule has 5 nitrogen and oxygen atoms in total. The van der Waals surface area contributed by atoms with E-state index >= 15 is 0 Å². The molecular formula is C27H39NO4S2. The molecule has 188 valence electrons. The summed E-state index contributed by atoms with van der Waals surface area (Å²) in [6.45, 7) is 11.3. The predicted molar refractivity (Wildman–Crippen MR) is 140 cm³/mol. The second-order valence-corrected chi connectivity index (χ2v) is 13.9. The van der Waals surface area contributed by atoms with Gasteiger partial charge in [0.25, 0.3) is 0 Å². The molecule has 34 heavy (non-hydrogen) atoms. The Morgan fingerprint density at radius 1 is 1.09 bits per heavy atom. The number of thiocarbonyl (C=S) groups is 1. The predicted octanol–water partition coefficient (Wildman–Crippen LogP) is 5.40. The molecule has 0 aromatic carbocycles. The summed E-state index contributed by atoms with van der Waals surface area (Å²) >= 11 is 7.06. The highest BCUT2D eigenvalue weighted by Crippen LogP contribution is 2.70. The molecule has 4 aliphatic carbocycles. The Morgan fingerprint density at radius 3 is 2.38 bits per heavy atom. The van der Waals surface area contributed by atoms with Gasteiger partial charge in [0.2, 0.25) is 5.91 Å². The summed E-state index contributed by atoms with van der Waals surface area (Å²) in [5, 5.41) is 3.18. The van der Waals surface area contributed by atoms with Crippen LogP contribution in [0.4, 0.5) is 0 Å². The van der Waals surface area contributed by atoms with Gasteiger partial charge in [-0.05, 0) is 81.0 Å². The van der Waals surface area contributed by atoms with E-state index in [1.54, 1.807) is 13.8 Å². The molecule has 0 bridgehead atoms. The fourth-order valence-electron chi connectivity index (χ4n) is 8.54. The van der Waals surface area contributed by atoms with Gasteiger partial charge in [-0.3, -0.25) is 14.4 Å². The van der Waals surface area contributed by atoms with Crippen molar-refractivity contribution in [2.24, 2.45) is 28.6 Å². The molecule has 0 spiro atoms. The summed E-state index contributed by atoms with van der Waals surface area (Å²) in [6.07, 6.45) is 9.03. The van der Waals surface area contributed by atoms with Crippen molar-refractivity contribution in [1.82, 2.24) is 5.32 Å². The summed E-state index contributed by atoms with van der Waals surface area (Å²) in [4.78, 5) is 37.2. The lowest BCUT2D eigenvalue weighted by molar-refractivity contribution is -0.149. The third-order valence-corrected chi connectivity index (χ3v) is 11.7. The molecule has 0 saturated heterocycles. The van der Waals surface area contributed by atoms with Gasteiger partial charge in [0.05, 0.1) is 6.04 Å². The maximum Gasteiger partial charge on any atom is 0.302 e. The highest BCUT2D eigenvalue weighted by molar-refractivity contribution is 8.24. The molecule has 0 aromatic heterocycles. The smallest absolute Gasteiger partial charge is 0.302 e. The Balaban J connectivity index is 1.71. The Bertz CT molecular complexity index is 947. The Morgan fingerprint density at radius 2 is 1.79 bits per heavy atom. The number of hydrogen-bond acceptors (Lipinski definition) is 6. The molecule has 7 heteroatoms. The summed E-state index contributed by atoms with van der Waals surface area (Å²) in [5.74, 6) is 1.21. The van der Waals surface area contributed by atoms with Gasteiger partial charge in [-0.2, -0.15) is 0 Å². The first kappa shape index (κ1) is 25.9. The van der Waals surface area contributed by atoms with Crippen molar-refractivity contribution >= 4 is 45.8 Å². The van der Waals surface area contributed by atoms with Crippen molar-refractivity contribution in [3.05, 3.63) is 11.6 Å². The minimum absolute atomic E-state index is 0.00909. The van der Waals surface area contributed by atoms with Gasteiger partial charge in [0.1, 0.15) is 16.6 Å². The summed E-state index contributed by atoms with van der Waals surface area (Å²) in [7, 11) is 0. The van der Waals surface area contributed by atoms with E-state index in [-0.39, 0.29) is 40.6 Å². The average molecular weight is 506 g/mol. The SMILES string of the molecule is CC(=O)N[C@@H]1CC2C3CC=C4C[C@@H](OC(C)=O)CC[C@]4(C)C3CC[C@]2(C)[C@]1(SC(C)=S)C(C)=O. The summed E-state index contributed by atoms with van der Waals surface area (Å²) < 4.78 is 5.61. The number of carbonyl (C=O) groups is 3. The number of thioether (sulfide) groups is 1. The van der Waals surface area contributed by atoms with Gasteiger partial charge < -0.3 is 10.1 Å². The lowest BCUT2D eigenvalue weighted by Gasteiger charge is -2.59. The van der Waals surface area contributed by atoms with Gasteiger partial charge >= 0.3 is 5.97 Å². The van der Waals surface area contributed by atoms with Gasteiger partial charge in [-0.25, -0.2) is 0 Å².